The number of rotatable bonds is 65. The second kappa shape index (κ2) is 59.8. The van der Waals surface area contributed by atoms with Gasteiger partial charge in [0.2, 0.25) is 5.91 Å². The van der Waals surface area contributed by atoms with E-state index in [0.29, 0.717) is 23.9 Å². The van der Waals surface area contributed by atoms with Crippen molar-refractivity contribution in [3.05, 3.63) is 12.2 Å². The molecule has 0 aliphatic carbocycles. The standard InChI is InChI=1S/C68H137N2O6P/c1-6-8-10-12-14-16-18-20-22-24-26-28-29-30-31-32-33-34-35-36-37-38-39-40-41-42-44-46-48-50-52-54-56-58-60-62-68(72)69-66(65-76-77(73,74)75-64-63-70(3,4)5)67(71)61-59-57-55-53-51-49-47-45-43-27-25-23-21-19-17-15-13-11-9-7-2/h32-33,66-67,71H,6-31,34-65H2,1-5H3,(H-,69,72,73,74)/b33-32-. The Kier molecular flexibility index (Phi) is 59.3. The molecule has 0 saturated carbocycles. The van der Waals surface area contributed by atoms with Gasteiger partial charge in [0, 0.05) is 6.42 Å². The summed E-state index contributed by atoms with van der Waals surface area (Å²) in [4.78, 5) is 25.6. The van der Waals surface area contributed by atoms with Crippen LogP contribution in [-0.4, -0.2) is 68.5 Å². The minimum Gasteiger partial charge on any atom is -0.756 e. The van der Waals surface area contributed by atoms with Gasteiger partial charge in [-0.25, -0.2) is 0 Å². The maximum atomic E-state index is 13.0. The van der Waals surface area contributed by atoms with Crippen molar-refractivity contribution in [2.45, 2.75) is 379 Å². The summed E-state index contributed by atoms with van der Waals surface area (Å²) in [5, 5.41) is 14.1. The number of nitrogens with zero attached hydrogens (tertiary/aromatic N) is 1. The van der Waals surface area contributed by atoms with Crippen molar-refractivity contribution in [3.8, 4) is 0 Å². The van der Waals surface area contributed by atoms with Gasteiger partial charge in [0.15, 0.2) is 0 Å². The highest BCUT2D eigenvalue weighted by atomic mass is 31.2. The van der Waals surface area contributed by atoms with E-state index in [1.54, 1.807) is 0 Å². The molecule has 0 rings (SSSR count). The average molecular weight is 1110 g/mol. The van der Waals surface area contributed by atoms with Gasteiger partial charge in [0.05, 0.1) is 39.9 Å². The first-order valence-electron chi connectivity index (χ1n) is 34.5. The minimum atomic E-state index is -4.57. The van der Waals surface area contributed by atoms with Gasteiger partial charge in [0.25, 0.3) is 7.82 Å². The lowest BCUT2D eigenvalue weighted by Gasteiger charge is -2.30. The molecule has 8 nitrogen and oxygen atoms in total. The monoisotopic (exact) mass is 1110 g/mol. The first kappa shape index (κ1) is 76.2. The van der Waals surface area contributed by atoms with Crippen LogP contribution in [0.25, 0.3) is 0 Å². The molecular weight excluding hydrogens is 972 g/mol. The molecular formula is C68H137N2O6P. The molecule has 0 bridgehead atoms. The number of nitrogens with one attached hydrogen (secondary N) is 1. The lowest BCUT2D eigenvalue weighted by atomic mass is 10.0. The topological polar surface area (TPSA) is 108 Å². The Labute approximate surface area is 482 Å². The summed E-state index contributed by atoms with van der Waals surface area (Å²) in [6.07, 6.45) is 75.8. The van der Waals surface area contributed by atoms with Crippen LogP contribution in [0.5, 0.6) is 0 Å². The smallest absolute Gasteiger partial charge is 0.268 e. The second-order valence-corrected chi connectivity index (χ2v) is 26.7. The van der Waals surface area contributed by atoms with Crippen molar-refractivity contribution >= 4 is 13.7 Å². The number of hydrogen-bond acceptors (Lipinski definition) is 6. The van der Waals surface area contributed by atoms with E-state index in [4.69, 9.17) is 9.05 Å². The Morgan fingerprint density at radius 3 is 1.01 bits per heavy atom. The summed E-state index contributed by atoms with van der Waals surface area (Å²) in [7, 11) is 1.33. The number of carbonyl (C=O) groups is 1. The Balaban J connectivity index is 3.95. The van der Waals surface area contributed by atoms with Crippen LogP contribution in [0.2, 0.25) is 0 Å². The number of aliphatic hydroxyl groups excluding tert-OH is 1. The van der Waals surface area contributed by atoms with Crippen LogP contribution >= 0.6 is 7.82 Å². The van der Waals surface area contributed by atoms with Gasteiger partial charge in [-0.15, -0.1) is 0 Å². The van der Waals surface area contributed by atoms with Crippen LogP contribution in [0.3, 0.4) is 0 Å². The molecule has 0 fully saturated rings. The number of amides is 1. The quantitative estimate of drug-likeness (QED) is 0.0272. The maximum Gasteiger partial charge on any atom is 0.268 e. The van der Waals surface area contributed by atoms with Crippen molar-refractivity contribution in [1.29, 1.82) is 0 Å². The summed E-state index contributed by atoms with van der Waals surface area (Å²) in [6, 6.07) is -0.798. The third kappa shape index (κ3) is 62.7. The second-order valence-electron chi connectivity index (χ2n) is 25.2. The first-order chi connectivity index (χ1) is 37.5. The van der Waals surface area contributed by atoms with E-state index in [-0.39, 0.29) is 19.1 Å². The van der Waals surface area contributed by atoms with Crippen LogP contribution in [-0.2, 0) is 18.4 Å². The number of likely N-dealkylation sites (N-methyl/N-ethyl adjacent to an activating group) is 1. The lowest BCUT2D eigenvalue weighted by Crippen LogP contribution is -2.46. The molecule has 0 aromatic rings. The largest absolute Gasteiger partial charge is 0.756 e. The van der Waals surface area contributed by atoms with E-state index in [2.05, 4.69) is 31.3 Å². The Morgan fingerprint density at radius 1 is 0.442 bits per heavy atom. The SMILES string of the molecule is CCCCCCCCCCCCCCCC/C=C\CCCCCCCCCCCCCCCCCCCC(=O)NC(COP(=O)([O-])OCC[N+](C)(C)C)C(O)CCCCCCCCCCCCCCCCCCCCCC. The summed E-state index contributed by atoms with van der Waals surface area (Å²) < 4.78 is 23.5. The summed E-state index contributed by atoms with van der Waals surface area (Å²) in [5.41, 5.74) is 0. The average Bonchev–Trinajstić information content (AvgIpc) is 3.39. The molecule has 1 amide bonds. The van der Waals surface area contributed by atoms with Crippen LogP contribution < -0.4 is 10.2 Å². The highest BCUT2D eigenvalue weighted by molar-refractivity contribution is 7.45. The van der Waals surface area contributed by atoms with Gasteiger partial charge in [-0.3, -0.25) is 9.36 Å². The van der Waals surface area contributed by atoms with Gasteiger partial charge >= 0.3 is 0 Å². The molecule has 2 N–H and O–H groups in total. The van der Waals surface area contributed by atoms with E-state index < -0.39 is 20.0 Å². The first-order valence-corrected chi connectivity index (χ1v) is 36.0. The molecule has 3 unspecified atom stereocenters. The third-order valence-electron chi connectivity index (χ3n) is 16.3. The number of phosphoric acid groups is 1. The zero-order valence-electron chi connectivity index (χ0n) is 52.7. The number of aliphatic hydroxyl groups is 1. The van der Waals surface area contributed by atoms with Crippen molar-refractivity contribution in [2.24, 2.45) is 0 Å². The Bertz CT molecular complexity index is 1260. The predicted molar refractivity (Wildman–Crippen MR) is 335 cm³/mol. The molecule has 0 saturated heterocycles. The summed E-state index contributed by atoms with van der Waals surface area (Å²) in [5.74, 6) is -0.156. The van der Waals surface area contributed by atoms with Gasteiger partial charge in [-0.2, -0.15) is 0 Å². The Morgan fingerprint density at radius 2 is 0.714 bits per heavy atom. The number of carbonyl (C=O) groups excluding carboxylic acids is 1. The molecule has 0 aromatic heterocycles. The number of allylic oxidation sites excluding steroid dienone is 2. The highest BCUT2D eigenvalue weighted by Gasteiger charge is 2.24. The van der Waals surface area contributed by atoms with Crippen molar-refractivity contribution < 1.29 is 32.9 Å². The number of quaternary nitrogens is 1. The molecule has 0 aliphatic heterocycles. The van der Waals surface area contributed by atoms with Gasteiger partial charge in [-0.1, -0.05) is 334 Å². The summed E-state index contributed by atoms with van der Waals surface area (Å²) >= 11 is 0. The fourth-order valence-electron chi connectivity index (χ4n) is 10.9. The maximum absolute atomic E-state index is 13.0. The minimum absolute atomic E-state index is 0.0156. The molecule has 0 radical (unpaired) electrons. The molecule has 0 heterocycles. The molecule has 0 spiro atoms. The van der Waals surface area contributed by atoms with Gasteiger partial charge < -0.3 is 28.8 Å². The van der Waals surface area contributed by atoms with E-state index in [1.807, 2.05) is 21.1 Å². The van der Waals surface area contributed by atoms with Crippen molar-refractivity contribution in [2.75, 3.05) is 40.9 Å². The summed E-state index contributed by atoms with van der Waals surface area (Å²) in [6.45, 7) is 4.79. The predicted octanol–water partition coefficient (Wildman–Crippen LogP) is 21.1. The molecule has 460 valence electrons. The number of phosphoric ester groups is 1. The van der Waals surface area contributed by atoms with Crippen LogP contribution in [0.1, 0.15) is 367 Å². The molecule has 9 heteroatoms. The van der Waals surface area contributed by atoms with E-state index >= 15 is 0 Å². The Hall–Kier alpha value is -0.760. The fraction of sp³-hybridized carbons (Fsp3) is 0.956. The number of unbranched alkanes of at least 4 members (excludes halogenated alkanes) is 50. The third-order valence-corrected chi connectivity index (χ3v) is 17.2. The van der Waals surface area contributed by atoms with E-state index in [9.17, 15) is 19.4 Å². The van der Waals surface area contributed by atoms with Crippen molar-refractivity contribution in [1.82, 2.24) is 5.32 Å². The highest BCUT2D eigenvalue weighted by Crippen LogP contribution is 2.38. The zero-order chi connectivity index (χ0) is 56.3. The lowest BCUT2D eigenvalue weighted by molar-refractivity contribution is -0.870. The van der Waals surface area contributed by atoms with E-state index in [0.717, 1.165) is 38.5 Å². The molecule has 0 aliphatic rings. The van der Waals surface area contributed by atoms with Crippen LogP contribution in [0, 0.1) is 0 Å². The van der Waals surface area contributed by atoms with Crippen LogP contribution in [0.15, 0.2) is 12.2 Å². The normalized spacial score (nSPS) is 13.7. The van der Waals surface area contributed by atoms with Gasteiger partial charge in [0.1, 0.15) is 13.2 Å². The zero-order valence-corrected chi connectivity index (χ0v) is 53.6. The fourth-order valence-corrected chi connectivity index (χ4v) is 11.6. The number of hydrogen-bond donors (Lipinski definition) is 2. The van der Waals surface area contributed by atoms with Gasteiger partial charge in [-0.05, 0) is 38.5 Å². The van der Waals surface area contributed by atoms with Crippen LogP contribution in [0.4, 0.5) is 0 Å². The molecule has 3 atom stereocenters. The molecule has 77 heavy (non-hydrogen) atoms. The molecule has 0 aromatic carbocycles. The van der Waals surface area contributed by atoms with E-state index in [1.165, 1.54) is 302 Å². The van der Waals surface area contributed by atoms with Crippen molar-refractivity contribution in [3.63, 3.8) is 0 Å².